The maximum absolute atomic E-state index is 13.5. The van der Waals surface area contributed by atoms with Crippen LogP contribution in [-0.4, -0.2) is 18.7 Å². The highest BCUT2D eigenvalue weighted by Crippen LogP contribution is 2.44. The van der Waals surface area contributed by atoms with Crippen molar-refractivity contribution in [2.75, 3.05) is 6.61 Å². The Bertz CT molecular complexity index is 592. The Morgan fingerprint density at radius 2 is 2.19 bits per heavy atom. The molecule has 112 valence electrons. The first-order chi connectivity index (χ1) is 10.2. The molecule has 4 heteroatoms. The second-order valence-corrected chi connectivity index (χ2v) is 5.47. The lowest BCUT2D eigenvalue weighted by Gasteiger charge is -2.33. The summed E-state index contributed by atoms with van der Waals surface area (Å²) in [6, 6.07) is 4.59. The second-order valence-electron chi connectivity index (χ2n) is 5.47. The van der Waals surface area contributed by atoms with E-state index in [-0.39, 0.29) is 24.3 Å². The SMILES string of the molecule is CCOC(=O)CC1Oc2ccc(F)cc2C2=C1CCCC2. The largest absolute Gasteiger partial charge is 0.485 e. The molecule has 0 saturated carbocycles. The summed E-state index contributed by atoms with van der Waals surface area (Å²) in [6.45, 7) is 2.17. The Balaban J connectivity index is 1.94. The molecule has 1 unspecified atom stereocenters. The Morgan fingerprint density at radius 1 is 1.38 bits per heavy atom. The average Bonchev–Trinajstić information content (AvgIpc) is 2.48. The summed E-state index contributed by atoms with van der Waals surface area (Å²) in [4.78, 5) is 11.8. The average molecular weight is 290 g/mol. The molecule has 3 rings (SSSR count). The lowest BCUT2D eigenvalue weighted by molar-refractivity contribution is -0.144. The summed E-state index contributed by atoms with van der Waals surface area (Å²) < 4.78 is 24.5. The lowest BCUT2D eigenvalue weighted by Crippen LogP contribution is -2.29. The van der Waals surface area contributed by atoms with Crippen LogP contribution in [0.1, 0.15) is 44.6 Å². The number of rotatable bonds is 3. The van der Waals surface area contributed by atoms with Crippen LogP contribution in [0.15, 0.2) is 23.8 Å². The zero-order valence-electron chi connectivity index (χ0n) is 12.2. The van der Waals surface area contributed by atoms with Crippen LogP contribution < -0.4 is 4.74 Å². The predicted molar refractivity (Wildman–Crippen MR) is 77.5 cm³/mol. The van der Waals surface area contributed by atoms with E-state index in [9.17, 15) is 9.18 Å². The molecule has 1 aliphatic carbocycles. The van der Waals surface area contributed by atoms with Gasteiger partial charge < -0.3 is 9.47 Å². The third-order valence-corrected chi connectivity index (χ3v) is 4.09. The molecule has 1 aromatic rings. The fourth-order valence-electron chi connectivity index (χ4n) is 3.19. The molecule has 1 aromatic carbocycles. The summed E-state index contributed by atoms with van der Waals surface area (Å²) in [6.07, 6.45) is 3.98. The van der Waals surface area contributed by atoms with Gasteiger partial charge in [0.15, 0.2) is 0 Å². The molecule has 1 atom stereocenters. The van der Waals surface area contributed by atoms with Gasteiger partial charge in [0, 0.05) is 5.56 Å². The van der Waals surface area contributed by atoms with Crippen LogP contribution in [0.25, 0.3) is 5.57 Å². The van der Waals surface area contributed by atoms with Crippen molar-refractivity contribution < 1.29 is 18.7 Å². The molecule has 0 spiro atoms. The molecule has 3 nitrogen and oxygen atoms in total. The number of benzene rings is 1. The maximum Gasteiger partial charge on any atom is 0.309 e. The zero-order chi connectivity index (χ0) is 14.8. The van der Waals surface area contributed by atoms with Crippen molar-refractivity contribution in [2.45, 2.75) is 45.1 Å². The van der Waals surface area contributed by atoms with Gasteiger partial charge in [0.2, 0.25) is 0 Å². The molecule has 0 fully saturated rings. The monoisotopic (exact) mass is 290 g/mol. The minimum absolute atomic E-state index is 0.226. The highest BCUT2D eigenvalue weighted by atomic mass is 19.1. The van der Waals surface area contributed by atoms with Crippen LogP contribution in [0.4, 0.5) is 4.39 Å². The van der Waals surface area contributed by atoms with E-state index < -0.39 is 0 Å². The molecule has 1 aliphatic heterocycles. The highest BCUT2D eigenvalue weighted by Gasteiger charge is 2.32. The smallest absolute Gasteiger partial charge is 0.309 e. The van der Waals surface area contributed by atoms with E-state index in [2.05, 4.69) is 0 Å². The lowest BCUT2D eigenvalue weighted by atomic mass is 9.82. The van der Waals surface area contributed by atoms with Gasteiger partial charge in [0.05, 0.1) is 13.0 Å². The summed E-state index contributed by atoms with van der Waals surface area (Å²) in [5.74, 6) is 0.176. The summed E-state index contributed by atoms with van der Waals surface area (Å²) in [7, 11) is 0. The number of carbonyl (C=O) groups is 1. The number of halogens is 1. The number of carbonyl (C=O) groups excluding carboxylic acids is 1. The van der Waals surface area contributed by atoms with Crippen LogP contribution in [0.2, 0.25) is 0 Å². The molecule has 21 heavy (non-hydrogen) atoms. The van der Waals surface area contributed by atoms with Gasteiger partial charge in [-0.25, -0.2) is 4.39 Å². The third-order valence-electron chi connectivity index (χ3n) is 4.09. The molecule has 0 saturated heterocycles. The molecular formula is C17H19FO3. The van der Waals surface area contributed by atoms with Gasteiger partial charge in [-0.15, -0.1) is 0 Å². The van der Waals surface area contributed by atoms with E-state index >= 15 is 0 Å². The predicted octanol–water partition coefficient (Wildman–Crippen LogP) is 3.87. The summed E-state index contributed by atoms with van der Waals surface area (Å²) >= 11 is 0. The van der Waals surface area contributed by atoms with E-state index in [0.29, 0.717) is 12.4 Å². The number of esters is 1. The fraction of sp³-hybridized carbons (Fsp3) is 0.471. The van der Waals surface area contributed by atoms with Gasteiger partial charge in [-0.3, -0.25) is 4.79 Å². The number of fused-ring (bicyclic) bond motifs is 2. The molecule has 0 amide bonds. The molecule has 0 radical (unpaired) electrons. The van der Waals surface area contributed by atoms with E-state index in [0.717, 1.165) is 42.4 Å². The molecular weight excluding hydrogens is 271 g/mol. The third kappa shape index (κ3) is 2.80. The van der Waals surface area contributed by atoms with E-state index in [4.69, 9.17) is 9.47 Å². The van der Waals surface area contributed by atoms with Gasteiger partial charge in [0.25, 0.3) is 0 Å². The van der Waals surface area contributed by atoms with E-state index in [1.165, 1.54) is 12.1 Å². The Labute approximate surface area is 123 Å². The van der Waals surface area contributed by atoms with Gasteiger partial charge in [-0.1, -0.05) is 0 Å². The van der Waals surface area contributed by atoms with Gasteiger partial charge >= 0.3 is 5.97 Å². The number of hydrogen-bond donors (Lipinski definition) is 0. The van der Waals surface area contributed by atoms with Crippen molar-refractivity contribution >= 4 is 11.5 Å². The first kappa shape index (κ1) is 14.1. The number of hydrogen-bond acceptors (Lipinski definition) is 3. The quantitative estimate of drug-likeness (QED) is 0.793. The minimum atomic E-state index is -0.266. The van der Waals surface area contributed by atoms with Crippen LogP contribution >= 0.6 is 0 Å². The molecule has 0 bridgehead atoms. The van der Waals surface area contributed by atoms with Gasteiger partial charge in [-0.05, 0) is 62.0 Å². The minimum Gasteiger partial charge on any atom is -0.485 e. The van der Waals surface area contributed by atoms with Crippen molar-refractivity contribution in [1.29, 1.82) is 0 Å². The number of allylic oxidation sites excluding steroid dienone is 1. The van der Waals surface area contributed by atoms with Crippen molar-refractivity contribution in [3.8, 4) is 5.75 Å². The Hall–Kier alpha value is -1.84. The molecule has 1 heterocycles. The first-order valence-electron chi connectivity index (χ1n) is 7.53. The van der Waals surface area contributed by atoms with Crippen LogP contribution in [0.5, 0.6) is 5.75 Å². The van der Waals surface area contributed by atoms with Crippen molar-refractivity contribution in [3.63, 3.8) is 0 Å². The summed E-state index contributed by atoms with van der Waals surface area (Å²) in [5.41, 5.74) is 3.16. The Morgan fingerprint density at radius 3 is 3.00 bits per heavy atom. The van der Waals surface area contributed by atoms with Crippen molar-refractivity contribution in [1.82, 2.24) is 0 Å². The Kier molecular flexibility index (Phi) is 3.95. The maximum atomic E-state index is 13.5. The normalized spacial score (nSPS) is 20.4. The molecule has 0 N–H and O–H groups in total. The van der Waals surface area contributed by atoms with Crippen molar-refractivity contribution in [3.05, 3.63) is 35.2 Å². The highest BCUT2D eigenvalue weighted by molar-refractivity contribution is 5.78. The molecule has 0 aromatic heterocycles. The van der Waals surface area contributed by atoms with E-state index in [1.807, 2.05) is 0 Å². The first-order valence-corrected chi connectivity index (χ1v) is 7.53. The summed E-state index contributed by atoms with van der Waals surface area (Å²) in [5, 5.41) is 0. The topological polar surface area (TPSA) is 35.5 Å². The van der Waals surface area contributed by atoms with Gasteiger partial charge in [-0.2, -0.15) is 0 Å². The number of ether oxygens (including phenoxy) is 2. The van der Waals surface area contributed by atoms with Crippen LogP contribution in [0.3, 0.4) is 0 Å². The van der Waals surface area contributed by atoms with Crippen LogP contribution in [0, 0.1) is 5.82 Å². The second kappa shape index (κ2) is 5.88. The van der Waals surface area contributed by atoms with Crippen LogP contribution in [-0.2, 0) is 9.53 Å². The fourth-order valence-corrected chi connectivity index (χ4v) is 3.19. The van der Waals surface area contributed by atoms with Gasteiger partial charge in [0.1, 0.15) is 17.7 Å². The zero-order valence-corrected chi connectivity index (χ0v) is 12.2. The van der Waals surface area contributed by atoms with Crippen molar-refractivity contribution in [2.24, 2.45) is 0 Å². The molecule has 2 aliphatic rings. The standard InChI is InChI=1S/C17H19FO3/c1-2-20-17(19)10-16-13-6-4-3-5-12(13)14-9-11(18)7-8-15(14)21-16/h7-9,16H,2-6,10H2,1H3. The van der Waals surface area contributed by atoms with E-state index in [1.54, 1.807) is 13.0 Å².